The zero-order chi connectivity index (χ0) is 42.1. The lowest BCUT2D eigenvalue weighted by Crippen LogP contribution is -2.61. The molecule has 0 unspecified atom stereocenters. The Morgan fingerprint density at radius 2 is 1.42 bits per heavy atom. The van der Waals surface area contributed by atoms with Gasteiger partial charge in [-0.2, -0.15) is 0 Å². The number of hydrogen-bond acceptors (Lipinski definition) is 9. The second-order valence-electron chi connectivity index (χ2n) is 15.9. The summed E-state index contributed by atoms with van der Waals surface area (Å²) in [4.78, 5) is 100. The quantitative estimate of drug-likeness (QED) is 0.104. The molecule has 9 atom stereocenters. The Kier molecular flexibility index (Phi) is 15.6. The van der Waals surface area contributed by atoms with Crippen LogP contribution in [0.5, 0.6) is 0 Å². The molecule has 2 aliphatic rings. The third-order valence-electron chi connectivity index (χ3n) is 11.0. The van der Waals surface area contributed by atoms with Gasteiger partial charge in [0.05, 0.1) is 12.1 Å². The molecule has 2 saturated heterocycles. The smallest absolute Gasteiger partial charge is 0.326 e. The molecular weight excluding hydrogens is 736 g/mol. The van der Waals surface area contributed by atoms with Crippen LogP contribution in [0.1, 0.15) is 85.6 Å². The molecule has 0 spiro atoms. The Balaban J connectivity index is 1.60. The number of carbonyl (C=O) groups is 7. The second kappa shape index (κ2) is 19.9. The van der Waals surface area contributed by atoms with Crippen molar-refractivity contribution in [3.05, 3.63) is 36.0 Å². The number of amides is 6. The summed E-state index contributed by atoms with van der Waals surface area (Å²) in [6.45, 7) is 10.6. The zero-order valence-corrected chi connectivity index (χ0v) is 33.7. The van der Waals surface area contributed by atoms with Gasteiger partial charge in [0.25, 0.3) is 0 Å². The topological polar surface area (TPSA) is 256 Å². The summed E-state index contributed by atoms with van der Waals surface area (Å²) in [5.74, 6) is -5.31. The lowest BCUT2D eigenvalue weighted by atomic mass is 9.96. The molecule has 314 valence electrons. The molecule has 17 heteroatoms. The molecular formula is C40H60N8O9. The van der Waals surface area contributed by atoms with E-state index in [0.717, 1.165) is 16.5 Å². The summed E-state index contributed by atoms with van der Waals surface area (Å²) in [7, 11) is 0. The van der Waals surface area contributed by atoms with E-state index in [1.807, 2.05) is 45.0 Å². The molecule has 0 aliphatic carbocycles. The number of benzene rings is 1. The summed E-state index contributed by atoms with van der Waals surface area (Å²) >= 11 is 0. The normalized spacial score (nSPS) is 20.6. The highest BCUT2D eigenvalue weighted by atomic mass is 16.4. The van der Waals surface area contributed by atoms with Gasteiger partial charge < -0.3 is 52.0 Å². The number of carboxylic acids is 1. The molecule has 57 heavy (non-hydrogen) atoms. The van der Waals surface area contributed by atoms with Crippen LogP contribution in [0.15, 0.2) is 30.5 Å². The number of aromatic nitrogens is 1. The predicted octanol–water partition coefficient (Wildman–Crippen LogP) is 0.536. The summed E-state index contributed by atoms with van der Waals surface area (Å²) in [5.41, 5.74) is 7.20. The number of hydrogen-bond donors (Lipinski definition) is 8. The van der Waals surface area contributed by atoms with Crippen molar-refractivity contribution in [2.75, 3.05) is 13.1 Å². The van der Waals surface area contributed by atoms with Crippen LogP contribution in [0.2, 0.25) is 0 Å². The van der Waals surface area contributed by atoms with Crippen LogP contribution in [-0.4, -0.2) is 128 Å². The van der Waals surface area contributed by atoms with Gasteiger partial charge in [0.15, 0.2) is 0 Å². The molecule has 2 aliphatic heterocycles. The number of carboxylic acid groups (broad SMARTS) is 1. The number of aliphatic hydroxyl groups is 1. The van der Waals surface area contributed by atoms with Crippen molar-refractivity contribution < 1.29 is 43.8 Å². The van der Waals surface area contributed by atoms with Crippen LogP contribution in [0.3, 0.4) is 0 Å². The van der Waals surface area contributed by atoms with E-state index in [-0.39, 0.29) is 38.3 Å². The van der Waals surface area contributed by atoms with E-state index >= 15 is 0 Å². The van der Waals surface area contributed by atoms with Crippen molar-refractivity contribution in [3.63, 3.8) is 0 Å². The van der Waals surface area contributed by atoms with E-state index in [4.69, 9.17) is 5.73 Å². The number of aliphatic carboxylic acids is 1. The van der Waals surface area contributed by atoms with Crippen molar-refractivity contribution in [3.8, 4) is 0 Å². The van der Waals surface area contributed by atoms with Crippen LogP contribution in [0, 0.1) is 11.8 Å². The van der Waals surface area contributed by atoms with E-state index in [2.05, 4.69) is 26.3 Å². The highest BCUT2D eigenvalue weighted by Crippen LogP contribution is 2.24. The lowest BCUT2D eigenvalue weighted by Gasteiger charge is -2.32. The fourth-order valence-corrected chi connectivity index (χ4v) is 7.55. The molecule has 0 radical (unpaired) electrons. The number of nitrogens with zero attached hydrogens (tertiary/aromatic N) is 2. The van der Waals surface area contributed by atoms with Crippen LogP contribution < -0.4 is 27.0 Å². The fourth-order valence-electron chi connectivity index (χ4n) is 7.55. The van der Waals surface area contributed by atoms with Gasteiger partial charge in [0.2, 0.25) is 35.4 Å². The van der Waals surface area contributed by atoms with Gasteiger partial charge in [-0.25, -0.2) is 4.79 Å². The van der Waals surface area contributed by atoms with E-state index < -0.39 is 95.7 Å². The fraction of sp³-hybridized carbons (Fsp3) is 0.625. The monoisotopic (exact) mass is 796 g/mol. The highest BCUT2D eigenvalue weighted by Gasteiger charge is 2.42. The highest BCUT2D eigenvalue weighted by molar-refractivity contribution is 5.98. The SMILES string of the molecule is CC[C@H](C)[C@H](NC(=O)[C@@H]1CCCN1C(=O)[C@@H](NC(=O)[C@H](C)N)[C@@H](C)O)C(=O)N[C@@H](Cc1c[nH]c2ccccc12)C(=O)N[C@@H](CC(C)C)C(=O)N1CCC[C@H]1C(=O)O. The summed E-state index contributed by atoms with van der Waals surface area (Å²) in [5, 5.41) is 32.0. The van der Waals surface area contributed by atoms with E-state index in [0.29, 0.717) is 25.7 Å². The Bertz CT molecular complexity index is 1780. The third kappa shape index (κ3) is 11.1. The second-order valence-corrected chi connectivity index (χ2v) is 15.9. The van der Waals surface area contributed by atoms with Gasteiger partial charge in [-0.05, 0) is 69.4 Å². The molecule has 9 N–H and O–H groups in total. The molecule has 1 aromatic heterocycles. The molecule has 6 amide bonds. The third-order valence-corrected chi connectivity index (χ3v) is 11.0. The molecule has 0 bridgehead atoms. The lowest BCUT2D eigenvalue weighted by molar-refractivity contribution is -0.149. The predicted molar refractivity (Wildman–Crippen MR) is 211 cm³/mol. The van der Waals surface area contributed by atoms with Crippen molar-refractivity contribution in [2.45, 2.75) is 135 Å². The Morgan fingerprint density at radius 1 is 0.807 bits per heavy atom. The van der Waals surface area contributed by atoms with E-state index in [9.17, 15) is 43.8 Å². The average Bonchev–Trinajstić information content (AvgIpc) is 3.95. The van der Waals surface area contributed by atoms with Crippen molar-refractivity contribution in [2.24, 2.45) is 17.6 Å². The maximum absolute atomic E-state index is 14.3. The first-order valence-corrected chi connectivity index (χ1v) is 20.0. The number of para-hydroxylation sites is 1. The average molecular weight is 797 g/mol. The van der Waals surface area contributed by atoms with E-state index in [1.165, 1.54) is 23.6 Å². The van der Waals surface area contributed by atoms with Crippen molar-refractivity contribution in [1.29, 1.82) is 0 Å². The standard InChI is InChI=1S/C40H60N8O9/c1-7-22(4)32(45-36(52)30-14-10-16-47(30)39(55)33(24(6)49)46-34(50)23(5)41)37(53)43-28(19-25-20-42-27-13-9-8-12-26(25)27)35(51)44-29(18-21(2)3)38(54)48-17-11-15-31(48)40(56)57/h8-9,12-13,20-24,28-33,42,49H,7,10-11,14-19,41H2,1-6H3,(H,43,53)(H,44,51)(H,45,52)(H,46,50)(H,56,57)/t22-,23-,24+,28-,29-,30-,31-,32-,33-/m0/s1. The number of H-pyrrole nitrogens is 1. The first-order valence-electron chi connectivity index (χ1n) is 20.0. The van der Waals surface area contributed by atoms with Gasteiger partial charge in [-0.1, -0.05) is 52.3 Å². The van der Waals surface area contributed by atoms with Gasteiger partial charge in [-0.3, -0.25) is 28.8 Å². The number of likely N-dealkylation sites (tertiary alicyclic amines) is 2. The van der Waals surface area contributed by atoms with Crippen molar-refractivity contribution in [1.82, 2.24) is 36.1 Å². The number of nitrogens with two attached hydrogens (primary N) is 1. The number of rotatable bonds is 18. The molecule has 1 aromatic carbocycles. The number of fused-ring (bicyclic) bond motifs is 1. The molecule has 2 fully saturated rings. The van der Waals surface area contributed by atoms with Crippen LogP contribution in [-0.2, 0) is 40.0 Å². The first kappa shape index (κ1) is 44.7. The number of nitrogens with one attached hydrogen (secondary N) is 5. The summed E-state index contributed by atoms with van der Waals surface area (Å²) in [6, 6.07) is -0.241. The minimum absolute atomic E-state index is 0.0194. The molecule has 4 rings (SSSR count). The maximum atomic E-state index is 14.3. The molecule has 17 nitrogen and oxygen atoms in total. The summed E-state index contributed by atoms with van der Waals surface area (Å²) in [6.07, 6.45) is 2.74. The number of aromatic amines is 1. The zero-order valence-electron chi connectivity index (χ0n) is 33.7. The van der Waals surface area contributed by atoms with Gasteiger partial charge in [-0.15, -0.1) is 0 Å². The molecule has 3 heterocycles. The van der Waals surface area contributed by atoms with Gasteiger partial charge in [0, 0.05) is 36.6 Å². The summed E-state index contributed by atoms with van der Waals surface area (Å²) < 4.78 is 0. The minimum atomic E-state index is -1.35. The largest absolute Gasteiger partial charge is 0.480 e. The van der Waals surface area contributed by atoms with E-state index in [1.54, 1.807) is 13.1 Å². The Morgan fingerprint density at radius 3 is 2.02 bits per heavy atom. The van der Waals surface area contributed by atoms with Crippen LogP contribution >= 0.6 is 0 Å². The van der Waals surface area contributed by atoms with Gasteiger partial charge >= 0.3 is 5.97 Å². The van der Waals surface area contributed by atoms with Crippen LogP contribution in [0.25, 0.3) is 10.9 Å². The first-order chi connectivity index (χ1) is 26.9. The Hall–Kier alpha value is -5.03. The molecule has 2 aromatic rings. The van der Waals surface area contributed by atoms with Crippen LogP contribution in [0.4, 0.5) is 0 Å². The van der Waals surface area contributed by atoms with Gasteiger partial charge in [0.1, 0.15) is 36.3 Å². The maximum Gasteiger partial charge on any atom is 0.326 e. The minimum Gasteiger partial charge on any atom is -0.480 e. The molecule has 0 saturated carbocycles. The Labute approximate surface area is 333 Å². The number of aliphatic hydroxyl groups excluding tert-OH is 1. The van der Waals surface area contributed by atoms with Crippen molar-refractivity contribution >= 4 is 52.3 Å². The number of carbonyl (C=O) groups excluding carboxylic acids is 6.